The highest BCUT2D eigenvalue weighted by Gasteiger charge is 2.26. The van der Waals surface area contributed by atoms with Crippen molar-refractivity contribution in [3.05, 3.63) is 420 Å². The summed E-state index contributed by atoms with van der Waals surface area (Å²) in [7, 11) is 3.21. The monoisotopic (exact) mass is 1520 g/mol. The number of carbonyl (C=O) groups excluding carboxylic acids is 6. The SMILES string of the molecule is COc1ccc(C(=O)/C=C\c2ccc(-c3ccc4c5c(ccc4c3)OCOc3ccc4cc(-c6ccc(/C=C\C(=O)c7ccc(OC)cc7)cc6)ccc4c3-5)cc2)cc1.O=C(/C=C\c1ccc(C(=O)Oc2ccc3ccccc3c2-c2c(OC(=O)c3ccc(/C=C\C(=O)c4ccccc4)cc3)ccc3ccccc23)cc1)c1ccccc1. The number of methoxy groups -OCH3 is 2. The molecule has 16 aromatic carbocycles. The minimum Gasteiger partial charge on any atom is -0.497 e. The molecular formula is C105H72O12. The van der Waals surface area contributed by atoms with Crippen LogP contribution in [0.15, 0.2) is 364 Å². The van der Waals surface area contributed by atoms with E-state index in [0.717, 1.165) is 110 Å². The Bertz CT molecular complexity index is 6200. The van der Waals surface area contributed by atoms with Crippen molar-refractivity contribution in [1.29, 1.82) is 0 Å². The number of hydrogen-bond acceptors (Lipinski definition) is 12. The summed E-state index contributed by atoms with van der Waals surface area (Å²) >= 11 is 0. The normalized spacial score (nSPS) is 11.7. The zero-order valence-corrected chi connectivity index (χ0v) is 63.6. The summed E-state index contributed by atoms with van der Waals surface area (Å²) < 4.78 is 35.1. The van der Waals surface area contributed by atoms with E-state index in [9.17, 15) is 28.8 Å². The topological polar surface area (TPSA) is 158 Å². The highest BCUT2D eigenvalue weighted by molar-refractivity contribution is 6.14. The van der Waals surface area contributed by atoms with Gasteiger partial charge >= 0.3 is 11.9 Å². The molecule has 0 saturated carbocycles. The van der Waals surface area contributed by atoms with Crippen LogP contribution in [0.25, 0.3) is 112 Å². The molecule has 0 N–H and O–H groups in total. The van der Waals surface area contributed by atoms with Crippen LogP contribution >= 0.6 is 0 Å². The fourth-order valence-corrected chi connectivity index (χ4v) is 14.2. The molecule has 1 aliphatic rings. The third-order valence-electron chi connectivity index (χ3n) is 20.4. The standard InChI is InChI=1S/C53H38O6.C52H34O6/c1-56-44-21-13-38(14-22-44)48(54)27-7-34-3-9-36(10-4-34)40-17-25-46-42(31-40)19-29-50-52(46)53-47-26-18-41(32-43(47)20-30-51(53)59-33-58-50)37-11-5-35(6-12-37)8-28-49(55)39-15-23-45(57-2)24-16-39;53-45(39-13-3-1-4-14-39)31-23-35-19-25-41(26-20-35)51(55)57-47-33-29-37-11-7-9-17-43(37)49(47)50-44-18-10-8-12-38(44)30-34-48(50)58-52(56)42-27-21-36(22-28-42)24-32-46(54)40-15-5-2-6-16-40/h3-32H,33H2,1-2H3;1-34H/b27-7-,28-8-;31-23-,32-24-. The molecule has 12 heteroatoms. The van der Waals surface area contributed by atoms with Crippen LogP contribution in [0.2, 0.25) is 0 Å². The van der Waals surface area contributed by atoms with Gasteiger partial charge in [-0.1, -0.05) is 255 Å². The van der Waals surface area contributed by atoms with Crippen molar-refractivity contribution in [1.82, 2.24) is 0 Å². The van der Waals surface area contributed by atoms with Crippen LogP contribution in [0, 0.1) is 0 Å². The van der Waals surface area contributed by atoms with Gasteiger partial charge < -0.3 is 28.4 Å². The molecule has 1 aliphatic heterocycles. The van der Waals surface area contributed by atoms with Gasteiger partial charge in [0.1, 0.15) is 34.5 Å². The van der Waals surface area contributed by atoms with Crippen LogP contribution in [0.3, 0.4) is 0 Å². The van der Waals surface area contributed by atoms with Crippen LogP contribution in [0.4, 0.5) is 0 Å². The number of ether oxygens (including phenoxy) is 6. The Morgan fingerprint density at radius 3 is 0.923 bits per heavy atom. The number of carbonyl (C=O) groups is 6. The van der Waals surface area contributed by atoms with Gasteiger partial charge in [-0.25, -0.2) is 9.59 Å². The minimum absolute atomic E-state index is 0.0638. The van der Waals surface area contributed by atoms with E-state index in [2.05, 4.69) is 72.8 Å². The molecule has 17 rings (SSSR count). The van der Waals surface area contributed by atoms with Crippen molar-refractivity contribution in [2.24, 2.45) is 0 Å². The first kappa shape index (κ1) is 75.4. The van der Waals surface area contributed by atoms with E-state index in [4.69, 9.17) is 28.4 Å². The van der Waals surface area contributed by atoms with Gasteiger partial charge in [0.2, 0.25) is 6.79 Å². The summed E-state index contributed by atoms with van der Waals surface area (Å²) in [6, 6.07) is 106. The summed E-state index contributed by atoms with van der Waals surface area (Å²) in [6.07, 6.45) is 13.3. The highest BCUT2D eigenvalue weighted by atomic mass is 16.7. The van der Waals surface area contributed by atoms with Crippen molar-refractivity contribution < 1.29 is 57.2 Å². The van der Waals surface area contributed by atoms with Crippen LogP contribution in [-0.2, 0) is 0 Å². The van der Waals surface area contributed by atoms with E-state index >= 15 is 0 Å². The van der Waals surface area contributed by atoms with Gasteiger partial charge in [0.25, 0.3) is 0 Å². The van der Waals surface area contributed by atoms with Gasteiger partial charge in [-0.2, -0.15) is 0 Å². The van der Waals surface area contributed by atoms with E-state index in [1.807, 2.05) is 146 Å². The maximum absolute atomic E-state index is 13.8. The Labute approximate surface area is 675 Å². The predicted molar refractivity (Wildman–Crippen MR) is 466 cm³/mol. The number of fused-ring (bicyclic) bond motifs is 9. The summed E-state index contributed by atoms with van der Waals surface area (Å²) in [5.41, 5.74) is 13.9. The third kappa shape index (κ3) is 17.1. The van der Waals surface area contributed by atoms with E-state index in [1.54, 1.807) is 172 Å². The molecule has 16 aromatic rings. The fraction of sp³-hybridized carbons (Fsp3) is 0.0286. The first-order valence-corrected chi connectivity index (χ1v) is 37.9. The number of allylic oxidation sites excluding steroid dienone is 4. The maximum Gasteiger partial charge on any atom is 0.343 e. The third-order valence-corrected chi connectivity index (χ3v) is 20.4. The van der Waals surface area contributed by atoms with Crippen molar-refractivity contribution in [3.63, 3.8) is 0 Å². The number of hydrogen-bond donors (Lipinski definition) is 0. The molecule has 0 fully saturated rings. The van der Waals surface area contributed by atoms with Crippen molar-refractivity contribution in [2.75, 3.05) is 21.0 Å². The van der Waals surface area contributed by atoms with Gasteiger partial charge in [-0.3, -0.25) is 19.2 Å². The van der Waals surface area contributed by atoms with Crippen LogP contribution in [0.5, 0.6) is 34.5 Å². The lowest BCUT2D eigenvalue weighted by Crippen LogP contribution is -2.11. The second kappa shape index (κ2) is 34.5. The number of ketones is 4. The van der Waals surface area contributed by atoms with E-state index in [0.29, 0.717) is 56.0 Å². The molecular weight excluding hydrogens is 1450 g/mol. The molecule has 0 unspecified atom stereocenters. The first-order chi connectivity index (χ1) is 57.3. The zero-order valence-electron chi connectivity index (χ0n) is 63.6. The largest absolute Gasteiger partial charge is 0.497 e. The van der Waals surface area contributed by atoms with Crippen LogP contribution < -0.4 is 28.4 Å². The molecule has 0 spiro atoms. The Hall–Kier alpha value is -15.7. The van der Waals surface area contributed by atoms with E-state index in [1.165, 1.54) is 12.2 Å². The summed E-state index contributed by atoms with van der Waals surface area (Å²) in [5, 5.41) is 7.70. The van der Waals surface area contributed by atoms with Gasteiger partial charge in [0.05, 0.1) is 25.3 Å². The zero-order chi connectivity index (χ0) is 80.1. The molecule has 0 aromatic heterocycles. The quantitative estimate of drug-likeness (QED) is 0.0291. The Morgan fingerprint density at radius 1 is 0.265 bits per heavy atom. The smallest absolute Gasteiger partial charge is 0.343 e. The van der Waals surface area contributed by atoms with Crippen LogP contribution in [0.1, 0.15) is 84.4 Å². The lowest BCUT2D eigenvalue weighted by Gasteiger charge is -2.19. The lowest BCUT2D eigenvalue weighted by molar-refractivity contribution is 0.0723. The molecule has 12 nitrogen and oxygen atoms in total. The Balaban J connectivity index is 0.000000175. The molecule has 0 radical (unpaired) electrons. The second-order valence-corrected chi connectivity index (χ2v) is 27.7. The van der Waals surface area contributed by atoms with E-state index in [-0.39, 0.29) is 41.4 Å². The molecule has 0 saturated heterocycles. The number of rotatable bonds is 21. The molecule has 1 heterocycles. The molecule has 117 heavy (non-hydrogen) atoms. The average Bonchev–Trinajstić information content (AvgIpc) is 0.917. The van der Waals surface area contributed by atoms with Crippen molar-refractivity contribution in [3.8, 4) is 79.0 Å². The Kier molecular flexibility index (Phi) is 22.2. The summed E-state index contributed by atoms with van der Waals surface area (Å²) in [4.78, 5) is 78.1. The second-order valence-electron chi connectivity index (χ2n) is 27.7. The minimum atomic E-state index is -0.578. The lowest BCUT2D eigenvalue weighted by atomic mass is 9.90. The summed E-state index contributed by atoms with van der Waals surface area (Å²) in [6.45, 7) is 0.117. The van der Waals surface area contributed by atoms with E-state index < -0.39 is 11.9 Å². The first-order valence-electron chi connectivity index (χ1n) is 37.9. The Morgan fingerprint density at radius 2 is 0.564 bits per heavy atom. The average molecular weight is 1530 g/mol. The van der Waals surface area contributed by atoms with Gasteiger partial charge in [0, 0.05) is 44.5 Å². The number of esters is 2. The maximum atomic E-state index is 13.8. The molecule has 564 valence electrons. The molecule has 0 amide bonds. The fourth-order valence-electron chi connectivity index (χ4n) is 14.2. The summed E-state index contributed by atoms with van der Waals surface area (Å²) in [5.74, 6) is 2.03. The van der Waals surface area contributed by atoms with Crippen molar-refractivity contribution >= 4 is 102 Å². The predicted octanol–water partition coefficient (Wildman–Crippen LogP) is 24.4. The highest BCUT2D eigenvalue weighted by Crippen LogP contribution is 2.49. The molecule has 0 atom stereocenters. The molecule has 0 aliphatic carbocycles. The van der Waals surface area contributed by atoms with Crippen LogP contribution in [-0.4, -0.2) is 56.1 Å². The number of benzene rings is 16. The van der Waals surface area contributed by atoms with Crippen molar-refractivity contribution in [2.45, 2.75) is 0 Å². The van der Waals surface area contributed by atoms with Gasteiger partial charge in [-0.05, 0) is 221 Å². The van der Waals surface area contributed by atoms with Gasteiger partial charge in [0.15, 0.2) is 23.1 Å². The molecule has 0 bridgehead atoms. The van der Waals surface area contributed by atoms with Gasteiger partial charge in [-0.15, -0.1) is 0 Å².